The molecule has 1 aromatic heterocycles. The van der Waals surface area contributed by atoms with Gasteiger partial charge in [-0.1, -0.05) is 12.1 Å². The van der Waals surface area contributed by atoms with Crippen molar-refractivity contribution in [3.63, 3.8) is 0 Å². The smallest absolute Gasteiger partial charge is 0.118 e. The van der Waals surface area contributed by atoms with E-state index in [4.69, 9.17) is 10.6 Å². The van der Waals surface area contributed by atoms with Crippen LogP contribution in [0.1, 0.15) is 29.4 Å². The molecule has 0 fully saturated rings. The number of nitrogens with one attached hydrogen (secondary N) is 1. The third-order valence-electron chi connectivity index (χ3n) is 3.24. The zero-order chi connectivity index (χ0) is 14.4. The summed E-state index contributed by atoms with van der Waals surface area (Å²) in [5, 5.41) is 0. The van der Waals surface area contributed by atoms with Crippen LogP contribution in [0, 0.1) is 6.92 Å². The maximum absolute atomic E-state index is 5.61. The Balaban J connectivity index is 1.97. The lowest BCUT2D eigenvalue weighted by Crippen LogP contribution is -2.29. The van der Waals surface area contributed by atoms with Crippen LogP contribution in [0.15, 0.2) is 36.7 Å². The summed E-state index contributed by atoms with van der Waals surface area (Å²) in [4.78, 5) is 8.62. The van der Waals surface area contributed by atoms with Gasteiger partial charge in [-0.05, 0) is 37.5 Å². The molecule has 1 heterocycles. The Kier molecular flexibility index (Phi) is 5.03. The summed E-state index contributed by atoms with van der Waals surface area (Å²) in [5.74, 6) is 6.48. The molecule has 0 bridgehead atoms. The second-order valence-electron chi connectivity index (χ2n) is 4.69. The molecular weight excluding hydrogens is 252 g/mol. The van der Waals surface area contributed by atoms with E-state index in [1.165, 1.54) is 5.56 Å². The fourth-order valence-corrected chi connectivity index (χ4v) is 2.00. The molecule has 0 aliphatic carbocycles. The molecule has 0 aliphatic heterocycles. The van der Waals surface area contributed by atoms with Crippen LogP contribution in [0.3, 0.4) is 0 Å². The minimum atomic E-state index is 0.00482. The summed E-state index contributed by atoms with van der Waals surface area (Å²) in [6, 6.07) is 8.06. The fourth-order valence-electron chi connectivity index (χ4n) is 2.00. The van der Waals surface area contributed by atoms with Gasteiger partial charge in [0, 0.05) is 6.20 Å². The van der Waals surface area contributed by atoms with E-state index in [-0.39, 0.29) is 6.04 Å². The van der Waals surface area contributed by atoms with Crippen molar-refractivity contribution in [1.82, 2.24) is 15.4 Å². The summed E-state index contributed by atoms with van der Waals surface area (Å²) in [6.07, 6.45) is 5.30. The van der Waals surface area contributed by atoms with Crippen molar-refractivity contribution in [2.45, 2.75) is 25.8 Å². The lowest BCUT2D eigenvalue weighted by molar-refractivity contribution is 0.414. The maximum atomic E-state index is 5.61. The van der Waals surface area contributed by atoms with E-state index in [1.54, 1.807) is 19.5 Å². The predicted octanol–water partition coefficient (Wildman–Crippen LogP) is 1.93. The summed E-state index contributed by atoms with van der Waals surface area (Å²) in [7, 11) is 1.67. The number of rotatable bonds is 6. The highest BCUT2D eigenvalue weighted by Gasteiger charge is 2.11. The summed E-state index contributed by atoms with van der Waals surface area (Å²) in [5.41, 5.74) is 5.81. The molecule has 0 spiro atoms. The number of benzene rings is 1. The van der Waals surface area contributed by atoms with Crippen LogP contribution in [0.4, 0.5) is 0 Å². The largest absolute Gasteiger partial charge is 0.497 e. The van der Waals surface area contributed by atoms with Gasteiger partial charge in [0.2, 0.25) is 0 Å². The molecule has 5 heteroatoms. The van der Waals surface area contributed by atoms with Crippen LogP contribution in [-0.4, -0.2) is 17.1 Å². The van der Waals surface area contributed by atoms with Gasteiger partial charge >= 0.3 is 0 Å². The molecule has 2 aromatic rings. The zero-order valence-electron chi connectivity index (χ0n) is 11.8. The first kappa shape index (κ1) is 14.4. The van der Waals surface area contributed by atoms with Crippen LogP contribution >= 0.6 is 0 Å². The number of methoxy groups -OCH3 is 1. The van der Waals surface area contributed by atoms with E-state index in [9.17, 15) is 0 Å². The molecule has 0 amide bonds. The normalized spacial score (nSPS) is 12.2. The van der Waals surface area contributed by atoms with Crippen LogP contribution in [0.25, 0.3) is 0 Å². The minimum absolute atomic E-state index is 0.00482. The monoisotopic (exact) mass is 272 g/mol. The van der Waals surface area contributed by atoms with E-state index in [0.29, 0.717) is 0 Å². The standard InChI is InChI=1S/C15H20N4O/c1-11-9-18-15(10-17-11)14(19-16)8-5-12-3-6-13(20-2)7-4-12/h3-4,6-7,9-10,14,19H,5,8,16H2,1-2H3. The zero-order valence-corrected chi connectivity index (χ0v) is 11.8. The molecule has 20 heavy (non-hydrogen) atoms. The Labute approximate surface area is 119 Å². The number of aromatic nitrogens is 2. The maximum Gasteiger partial charge on any atom is 0.118 e. The number of nitrogens with zero attached hydrogens (tertiary/aromatic N) is 2. The quantitative estimate of drug-likeness (QED) is 0.621. The molecule has 5 nitrogen and oxygen atoms in total. The van der Waals surface area contributed by atoms with Crippen LogP contribution in [-0.2, 0) is 6.42 Å². The molecule has 1 aromatic carbocycles. The van der Waals surface area contributed by atoms with Crippen molar-refractivity contribution in [1.29, 1.82) is 0 Å². The number of ether oxygens (including phenoxy) is 1. The molecule has 1 unspecified atom stereocenters. The fraction of sp³-hybridized carbons (Fsp3) is 0.333. The first-order valence-corrected chi connectivity index (χ1v) is 6.60. The van der Waals surface area contributed by atoms with Crippen molar-refractivity contribution in [3.05, 3.63) is 53.6 Å². The van der Waals surface area contributed by atoms with Gasteiger partial charge in [0.15, 0.2) is 0 Å². The van der Waals surface area contributed by atoms with E-state index < -0.39 is 0 Å². The van der Waals surface area contributed by atoms with Crippen molar-refractivity contribution >= 4 is 0 Å². The van der Waals surface area contributed by atoms with Crippen molar-refractivity contribution < 1.29 is 4.74 Å². The summed E-state index contributed by atoms with van der Waals surface area (Å²) in [6.45, 7) is 1.92. The number of hydrogen-bond acceptors (Lipinski definition) is 5. The third-order valence-corrected chi connectivity index (χ3v) is 3.24. The molecule has 0 aliphatic rings. The van der Waals surface area contributed by atoms with Gasteiger partial charge in [0.25, 0.3) is 0 Å². The second-order valence-corrected chi connectivity index (χ2v) is 4.69. The minimum Gasteiger partial charge on any atom is -0.497 e. The first-order valence-electron chi connectivity index (χ1n) is 6.60. The Morgan fingerprint density at radius 1 is 1.20 bits per heavy atom. The third kappa shape index (κ3) is 3.76. The van der Waals surface area contributed by atoms with Crippen LogP contribution in [0.5, 0.6) is 5.75 Å². The highest BCUT2D eigenvalue weighted by atomic mass is 16.5. The summed E-state index contributed by atoms with van der Waals surface area (Å²) >= 11 is 0. The van der Waals surface area contributed by atoms with Crippen molar-refractivity contribution in [2.24, 2.45) is 5.84 Å². The van der Waals surface area contributed by atoms with Crippen LogP contribution in [0.2, 0.25) is 0 Å². The second kappa shape index (κ2) is 6.98. The molecule has 3 N–H and O–H groups in total. The van der Waals surface area contributed by atoms with Crippen molar-refractivity contribution in [2.75, 3.05) is 7.11 Å². The average molecular weight is 272 g/mol. The topological polar surface area (TPSA) is 73.1 Å². The van der Waals surface area contributed by atoms with E-state index >= 15 is 0 Å². The van der Waals surface area contributed by atoms with Gasteiger partial charge < -0.3 is 4.74 Å². The molecule has 0 saturated carbocycles. The number of aryl methyl sites for hydroxylation is 2. The number of hydrazine groups is 1. The van der Waals surface area contributed by atoms with Gasteiger partial charge in [-0.25, -0.2) is 0 Å². The predicted molar refractivity (Wildman–Crippen MR) is 78.1 cm³/mol. The molecule has 0 saturated heterocycles. The van der Waals surface area contributed by atoms with Gasteiger partial charge in [-0.2, -0.15) is 0 Å². The lowest BCUT2D eigenvalue weighted by Gasteiger charge is -2.15. The molecule has 2 rings (SSSR count). The SMILES string of the molecule is COc1ccc(CCC(NN)c2cnc(C)cn2)cc1. The van der Waals surface area contributed by atoms with E-state index in [0.717, 1.165) is 30.0 Å². The highest BCUT2D eigenvalue weighted by Crippen LogP contribution is 2.18. The molecular formula is C15H20N4O. The van der Waals surface area contributed by atoms with Crippen LogP contribution < -0.4 is 16.0 Å². The van der Waals surface area contributed by atoms with Gasteiger partial charge in [-0.15, -0.1) is 0 Å². The van der Waals surface area contributed by atoms with E-state index in [1.807, 2.05) is 19.1 Å². The number of nitrogens with two attached hydrogens (primary N) is 1. The number of hydrogen-bond donors (Lipinski definition) is 2. The molecule has 106 valence electrons. The van der Waals surface area contributed by atoms with E-state index in [2.05, 4.69) is 27.5 Å². The first-order chi connectivity index (χ1) is 9.72. The molecule has 1 atom stereocenters. The Bertz CT molecular complexity index is 525. The van der Waals surface area contributed by atoms with Crippen molar-refractivity contribution in [3.8, 4) is 5.75 Å². The lowest BCUT2D eigenvalue weighted by atomic mass is 10.0. The van der Waals surface area contributed by atoms with Gasteiger partial charge in [-0.3, -0.25) is 21.2 Å². The average Bonchev–Trinajstić information content (AvgIpc) is 2.50. The Morgan fingerprint density at radius 3 is 2.50 bits per heavy atom. The Morgan fingerprint density at radius 2 is 1.95 bits per heavy atom. The Hall–Kier alpha value is -1.98. The summed E-state index contributed by atoms with van der Waals surface area (Å²) < 4.78 is 5.15. The molecule has 0 radical (unpaired) electrons. The highest BCUT2D eigenvalue weighted by molar-refractivity contribution is 5.27. The van der Waals surface area contributed by atoms with Gasteiger partial charge in [0.1, 0.15) is 5.75 Å². The van der Waals surface area contributed by atoms with Gasteiger partial charge in [0.05, 0.1) is 30.7 Å².